The van der Waals surface area contributed by atoms with Gasteiger partial charge in [0, 0.05) is 23.2 Å². The van der Waals surface area contributed by atoms with Crippen molar-refractivity contribution in [3.63, 3.8) is 0 Å². The zero-order valence-electron chi connectivity index (χ0n) is 13.2. The van der Waals surface area contributed by atoms with Crippen LogP contribution in [-0.4, -0.2) is 30.8 Å². The van der Waals surface area contributed by atoms with Crippen molar-refractivity contribution in [1.82, 2.24) is 5.32 Å². The van der Waals surface area contributed by atoms with Crippen LogP contribution in [0.3, 0.4) is 0 Å². The summed E-state index contributed by atoms with van der Waals surface area (Å²) in [4.78, 5) is 2.10. The second-order valence-corrected chi connectivity index (χ2v) is 6.77. The minimum Gasteiger partial charge on any atom is -0.394 e. The number of anilines is 1. The summed E-state index contributed by atoms with van der Waals surface area (Å²) in [5, 5.41) is 13.0. The van der Waals surface area contributed by atoms with Gasteiger partial charge in [0.2, 0.25) is 0 Å². The number of benzene rings is 1. The number of nitrogens with one attached hydrogen (secondary N) is 1. The lowest BCUT2D eigenvalue weighted by Gasteiger charge is -2.36. The Balaban J connectivity index is 2.93. The molecule has 4 heteroatoms. The minimum absolute atomic E-state index is 0.122. The molecule has 0 aliphatic rings. The molecule has 1 rings (SSSR count). The molecule has 20 heavy (non-hydrogen) atoms. The van der Waals surface area contributed by atoms with E-state index in [4.69, 9.17) is 0 Å². The maximum absolute atomic E-state index is 9.47. The standard InChI is InChI=1S/C16H27BrN2O/c1-6-9-18-12(2)14-8-7-13(10-15(14)17)19(5)16(3,4)11-20/h7-8,10,12,18,20H,6,9,11H2,1-5H3. The molecule has 0 bridgehead atoms. The van der Waals surface area contributed by atoms with Crippen LogP contribution in [0.1, 0.15) is 45.7 Å². The van der Waals surface area contributed by atoms with Crippen molar-refractivity contribution in [3.05, 3.63) is 28.2 Å². The topological polar surface area (TPSA) is 35.5 Å². The second kappa shape index (κ2) is 7.43. The molecule has 1 aromatic rings. The average Bonchev–Trinajstić information content (AvgIpc) is 2.43. The van der Waals surface area contributed by atoms with Gasteiger partial charge in [-0.3, -0.25) is 0 Å². The average molecular weight is 343 g/mol. The van der Waals surface area contributed by atoms with E-state index in [-0.39, 0.29) is 12.1 Å². The van der Waals surface area contributed by atoms with Gasteiger partial charge < -0.3 is 15.3 Å². The van der Waals surface area contributed by atoms with E-state index >= 15 is 0 Å². The van der Waals surface area contributed by atoms with E-state index in [1.165, 1.54) is 5.56 Å². The number of likely N-dealkylation sites (N-methyl/N-ethyl adjacent to an activating group) is 1. The minimum atomic E-state index is -0.271. The summed E-state index contributed by atoms with van der Waals surface area (Å²) in [5.41, 5.74) is 2.09. The molecule has 0 amide bonds. The van der Waals surface area contributed by atoms with Crippen LogP contribution in [0.5, 0.6) is 0 Å². The highest BCUT2D eigenvalue weighted by Gasteiger charge is 2.23. The molecule has 114 valence electrons. The Morgan fingerprint density at radius 1 is 1.40 bits per heavy atom. The molecule has 0 heterocycles. The summed E-state index contributed by atoms with van der Waals surface area (Å²) < 4.78 is 1.10. The molecule has 0 saturated carbocycles. The first kappa shape index (κ1) is 17.5. The Hall–Kier alpha value is -0.580. The molecule has 0 radical (unpaired) electrons. The van der Waals surface area contributed by atoms with Gasteiger partial charge in [-0.15, -0.1) is 0 Å². The van der Waals surface area contributed by atoms with Gasteiger partial charge in [-0.1, -0.05) is 28.9 Å². The molecule has 0 aliphatic heterocycles. The smallest absolute Gasteiger partial charge is 0.0658 e. The van der Waals surface area contributed by atoms with E-state index < -0.39 is 0 Å². The van der Waals surface area contributed by atoms with Gasteiger partial charge in [0.05, 0.1) is 12.1 Å². The molecule has 0 saturated heterocycles. The number of rotatable bonds is 7. The van der Waals surface area contributed by atoms with Crippen LogP contribution in [0.15, 0.2) is 22.7 Å². The predicted octanol–water partition coefficient (Wildman–Crippen LogP) is 3.72. The Morgan fingerprint density at radius 3 is 2.55 bits per heavy atom. The Labute approximate surface area is 131 Å². The SMILES string of the molecule is CCCNC(C)c1ccc(N(C)C(C)(C)CO)cc1Br. The summed E-state index contributed by atoms with van der Waals surface area (Å²) in [6.07, 6.45) is 1.13. The number of halogens is 1. The predicted molar refractivity (Wildman–Crippen MR) is 90.4 cm³/mol. The fourth-order valence-electron chi connectivity index (χ4n) is 2.00. The molecule has 2 N–H and O–H groups in total. The molecule has 0 spiro atoms. The zero-order valence-corrected chi connectivity index (χ0v) is 14.8. The zero-order chi connectivity index (χ0) is 15.3. The van der Waals surface area contributed by atoms with Crippen LogP contribution in [0.2, 0.25) is 0 Å². The Bertz CT molecular complexity index is 434. The van der Waals surface area contributed by atoms with Crippen LogP contribution in [0, 0.1) is 0 Å². The molecular weight excluding hydrogens is 316 g/mol. The maximum atomic E-state index is 9.47. The largest absolute Gasteiger partial charge is 0.394 e. The highest BCUT2D eigenvalue weighted by Crippen LogP contribution is 2.30. The monoisotopic (exact) mass is 342 g/mol. The first-order chi connectivity index (χ1) is 9.33. The summed E-state index contributed by atoms with van der Waals surface area (Å²) in [5.74, 6) is 0. The van der Waals surface area contributed by atoms with Crippen molar-refractivity contribution in [1.29, 1.82) is 0 Å². The third-order valence-corrected chi connectivity index (χ3v) is 4.52. The van der Waals surface area contributed by atoms with E-state index in [9.17, 15) is 5.11 Å². The third-order valence-electron chi connectivity index (χ3n) is 3.83. The molecule has 0 fully saturated rings. The summed E-state index contributed by atoms with van der Waals surface area (Å²) in [6, 6.07) is 6.71. The number of hydrogen-bond acceptors (Lipinski definition) is 3. The van der Waals surface area contributed by atoms with Gasteiger partial charge in [-0.05, 0) is 51.4 Å². The van der Waals surface area contributed by atoms with Gasteiger partial charge >= 0.3 is 0 Å². The van der Waals surface area contributed by atoms with E-state index in [1.54, 1.807) is 0 Å². The lowest BCUT2D eigenvalue weighted by Crippen LogP contribution is -2.44. The quantitative estimate of drug-likeness (QED) is 0.792. The van der Waals surface area contributed by atoms with E-state index in [0.717, 1.165) is 23.1 Å². The first-order valence-corrected chi connectivity index (χ1v) is 8.00. The fourth-order valence-corrected chi connectivity index (χ4v) is 2.71. The lowest BCUT2D eigenvalue weighted by molar-refractivity contribution is 0.216. The van der Waals surface area contributed by atoms with Crippen LogP contribution >= 0.6 is 15.9 Å². The lowest BCUT2D eigenvalue weighted by atomic mass is 10.0. The van der Waals surface area contributed by atoms with Crippen LogP contribution in [0.25, 0.3) is 0 Å². The molecule has 0 aromatic heterocycles. The van der Waals surface area contributed by atoms with Crippen molar-refractivity contribution in [2.24, 2.45) is 0 Å². The number of hydrogen-bond donors (Lipinski definition) is 2. The van der Waals surface area contributed by atoms with Crippen molar-refractivity contribution < 1.29 is 5.11 Å². The Kier molecular flexibility index (Phi) is 6.49. The van der Waals surface area contributed by atoms with Crippen molar-refractivity contribution in [3.8, 4) is 0 Å². The number of aliphatic hydroxyl groups excluding tert-OH is 1. The van der Waals surface area contributed by atoms with Gasteiger partial charge in [0.1, 0.15) is 0 Å². The molecular formula is C16H27BrN2O. The highest BCUT2D eigenvalue weighted by molar-refractivity contribution is 9.10. The van der Waals surface area contributed by atoms with Gasteiger partial charge in [-0.25, -0.2) is 0 Å². The molecule has 1 aromatic carbocycles. The van der Waals surface area contributed by atoms with Crippen molar-refractivity contribution in [2.45, 2.75) is 45.7 Å². The Morgan fingerprint density at radius 2 is 2.05 bits per heavy atom. The normalized spacial score (nSPS) is 13.3. The third kappa shape index (κ3) is 4.21. The van der Waals surface area contributed by atoms with Crippen molar-refractivity contribution in [2.75, 3.05) is 25.1 Å². The second-order valence-electron chi connectivity index (χ2n) is 5.91. The number of nitrogens with zero attached hydrogens (tertiary/aromatic N) is 1. The summed E-state index contributed by atoms with van der Waals surface area (Å²) >= 11 is 3.67. The van der Waals surface area contributed by atoms with Crippen LogP contribution in [0.4, 0.5) is 5.69 Å². The summed E-state index contributed by atoms with van der Waals surface area (Å²) in [7, 11) is 2.01. The van der Waals surface area contributed by atoms with Crippen LogP contribution in [-0.2, 0) is 0 Å². The fraction of sp³-hybridized carbons (Fsp3) is 0.625. The van der Waals surface area contributed by atoms with Gasteiger partial charge in [0.15, 0.2) is 0 Å². The van der Waals surface area contributed by atoms with Gasteiger partial charge in [-0.2, -0.15) is 0 Å². The highest BCUT2D eigenvalue weighted by atomic mass is 79.9. The van der Waals surface area contributed by atoms with E-state index in [2.05, 4.69) is 58.2 Å². The van der Waals surface area contributed by atoms with E-state index in [0.29, 0.717) is 6.04 Å². The summed E-state index contributed by atoms with van der Waals surface area (Å²) in [6.45, 7) is 9.55. The van der Waals surface area contributed by atoms with Crippen LogP contribution < -0.4 is 10.2 Å². The maximum Gasteiger partial charge on any atom is 0.0658 e. The molecule has 1 atom stereocenters. The molecule has 1 unspecified atom stereocenters. The molecule has 0 aliphatic carbocycles. The number of aliphatic hydroxyl groups is 1. The van der Waals surface area contributed by atoms with E-state index in [1.807, 2.05) is 20.9 Å². The van der Waals surface area contributed by atoms with Crippen molar-refractivity contribution >= 4 is 21.6 Å². The molecule has 3 nitrogen and oxygen atoms in total. The van der Waals surface area contributed by atoms with Gasteiger partial charge in [0.25, 0.3) is 0 Å². The first-order valence-electron chi connectivity index (χ1n) is 7.21.